The first kappa shape index (κ1) is 9.40. The zero-order valence-corrected chi connectivity index (χ0v) is 8.60. The molecule has 0 bridgehead atoms. The van der Waals surface area contributed by atoms with Crippen LogP contribution in [0.3, 0.4) is 0 Å². The van der Waals surface area contributed by atoms with Crippen LogP contribution < -0.4 is 4.90 Å². The number of nitrogens with zero attached hydrogens (tertiary/aromatic N) is 3. The van der Waals surface area contributed by atoms with Crippen molar-refractivity contribution < 1.29 is 4.74 Å². The lowest BCUT2D eigenvalue weighted by atomic mass is 10.3. The van der Waals surface area contributed by atoms with Gasteiger partial charge in [0.1, 0.15) is 5.82 Å². The molecule has 1 fully saturated rings. The maximum atomic E-state index is 5.30. The van der Waals surface area contributed by atoms with Gasteiger partial charge in [0.2, 0.25) is 0 Å². The Kier molecular flexibility index (Phi) is 2.63. The van der Waals surface area contributed by atoms with Gasteiger partial charge in [0.25, 0.3) is 0 Å². The molecule has 0 unspecified atom stereocenters. The predicted molar refractivity (Wildman–Crippen MR) is 54.4 cm³/mol. The highest BCUT2D eigenvalue weighted by Gasteiger charge is 2.22. The number of aromatic nitrogens is 2. The molecule has 1 saturated heterocycles. The first-order chi connectivity index (χ1) is 6.79. The molecule has 1 aromatic rings. The molecule has 2 heterocycles. The van der Waals surface area contributed by atoms with E-state index < -0.39 is 0 Å². The van der Waals surface area contributed by atoms with Crippen LogP contribution in [0, 0.1) is 6.92 Å². The summed E-state index contributed by atoms with van der Waals surface area (Å²) in [5.41, 5.74) is 0.961. The maximum Gasteiger partial charge on any atom is 0.147 e. The molecule has 0 N–H and O–H groups in total. The van der Waals surface area contributed by atoms with Crippen LogP contribution in [0.5, 0.6) is 0 Å². The Morgan fingerprint density at radius 1 is 1.50 bits per heavy atom. The topological polar surface area (TPSA) is 38.2 Å². The zero-order chi connectivity index (χ0) is 9.97. The highest BCUT2D eigenvalue weighted by atomic mass is 16.5. The van der Waals surface area contributed by atoms with Crippen LogP contribution in [0.25, 0.3) is 0 Å². The van der Waals surface area contributed by atoms with Gasteiger partial charge >= 0.3 is 0 Å². The smallest absolute Gasteiger partial charge is 0.147 e. The maximum absolute atomic E-state index is 5.30. The molecule has 0 spiro atoms. The molecular weight excluding hydrogens is 178 g/mol. The van der Waals surface area contributed by atoms with Gasteiger partial charge in [-0.15, -0.1) is 0 Å². The van der Waals surface area contributed by atoms with Crippen molar-refractivity contribution in [3.05, 3.63) is 18.1 Å². The minimum Gasteiger partial charge on any atom is -0.380 e. The van der Waals surface area contributed by atoms with Gasteiger partial charge in [0, 0.05) is 26.4 Å². The van der Waals surface area contributed by atoms with Gasteiger partial charge in [-0.1, -0.05) is 0 Å². The van der Waals surface area contributed by atoms with Gasteiger partial charge in [-0.3, -0.25) is 4.98 Å². The lowest BCUT2D eigenvalue weighted by molar-refractivity contribution is 0.121. The summed E-state index contributed by atoms with van der Waals surface area (Å²) < 4.78 is 5.30. The number of hydrogen-bond donors (Lipinski definition) is 0. The minimum absolute atomic E-state index is 0.345. The fourth-order valence-corrected chi connectivity index (χ4v) is 1.73. The van der Waals surface area contributed by atoms with Crippen molar-refractivity contribution >= 4 is 5.82 Å². The molecule has 14 heavy (non-hydrogen) atoms. The largest absolute Gasteiger partial charge is 0.380 e. The molecule has 0 aliphatic carbocycles. The summed E-state index contributed by atoms with van der Waals surface area (Å²) in [6.45, 7) is 3.89. The Labute approximate surface area is 83.9 Å². The van der Waals surface area contributed by atoms with Gasteiger partial charge in [0.15, 0.2) is 0 Å². The van der Waals surface area contributed by atoms with Crippen LogP contribution in [-0.2, 0) is 4.74 Å². The van der Waals surface area contributed by atoms with Crippen LogP contribution in [0.4, 0.5) is 5.82 Å². The van der Waals surface area contributed by atoms with Crippen LogP contribution >= 0.6 is 0 Å². The van der Waals surface area contributed by atoms with Gasteiger partial charge < -0.3 is 9.64 Å². The monoisotopic (exact) mass is 193 g/mol. The lowest BCUT2D eigenvalue weighted by Crippen LogP contribution is -2.23. The van der Waals surface area contributed by atoms with E-state index in [0.29, 0.717) is 6.10 Å². The lowest BCUT2D eigenvalue weighted by Gasteiger charge is -2.16. The summed E-state index contributed by atoms with van der Waals surface area (Å²) >= 11 is 0. The molecule has 1 atom stereocenters. The van der Waals surface area contributed by atoms with Crippen LogP contribution in [0.2, 0.25) is 0 Å². The summed E-state index contributed by atoms with van der Waals surface area (Å²) in [4.78, 5) is 10.8. The molecule has 2 rings (SSSR count). The normalized spacial score (nSPS) is 21.6. The number of ether oxygens (including phenoxy) is 1. The number of aryl methyl sites for hydroxylation is 1. The summed E-state index contributed by atoms with van der Waals surface area (Å²) in [5, 5.41) is 0. The van der Waals surface area contributed by atoms with E-state index in [9.17, 15) is 0 Å². The summed E-state index contributed by atoms with van der Waals surface area (Å²) in [6.07, 6.45) is 5.00. The average molecular weight is 193 g/mol. The molecule has 1 aliphatic heterocycles. The zero-order valence-electron chi connectivity index (χ0n) is 8.60. The second-order valence-corrected chi connectivity index (χ2v) is 3.61. The molecule has 76 valence electrons. The van der Waals surface area contributed by atoms with Crippen LogP contribution in [0.1, 0.15) is 12.1 Å². The van der Waals surface area contributed by atoms with Crippen LogP contribution in [0.15, 0.2) is 12.4 Å². The fourth-order valence-electron chi connectivity index (χ4n) is 1.73. The first-order valence-electron chi connectivity index (χ1n) is 4.86. The molecule has 4 heteroatoms. The van der Waals surface area contributed by atoms with Crippen molar-refractivity contribution in [3.63, 3.8) is 0 Å². The quantitative estimate of drug-likeness (QED) is 0.702. The first-order valence-corrected chi connectivity index (χ1v) is 4.86. The summed E-state index contributed by atoms with van der Waals surface area (Å²) in [7, 11) is 1.76. The Bertz CT molecular complexity index is 316. The average Bonchev–Trinajstić information content (AvgIpc) is 2.66. The minimum atomic E-state index is 0.345. The second kappa shape index (κ2) is 3.92. The van der Waals surface area contributed by atoms with E-state index in [1.807, 2.05) is 13.1 Å². The molecule has 0 saturated carbocycles. The third-order valence-corrected chi connectivity index (χ3v) is 2.54. The van der Waals surface area contributed by atoms with Crippen molar-refractivity contribution in [1.29, 1.82) is 0 Å². The van der Waals surface area contributed by atoms with Crippen molar-refractivity contribution in [2.45, 2.75) is 19.4 Å². The standard InChI is InChI=1S/C10H15N3O/c1-8-5-11-6-10(12-8)13-4-3-9(7-13)14-2/h5-6,9H,3-4,7H2,1-2H3/t9-/m1/s1. The number of hydrogen-bond acceptors (Lipinski definition) is 4. The third kappa shape index (κ3) is 1.85. The molecule has 1 aromatic heterocycles. The molecule has 0 amide bonds. The van der Waals surface area contributed by atoms with E-state index in [1.54, 1.807) is 13.3 Å². The van der Waals surface area contributed by atoms with Gasteiger partial charge in [0.05, 0.1) is 18.0 Å². The summed E-state index contributed by atoms with van der Waals surface area (Å²) in [5.74, 6) is 0.963. The highest BCUT2D eigenvalue weighted by Crippen LogP contribution is 2.18. The number of anilines is 1. The molecule has 1 aliphatic rings. The third-order valence-electron chi connectivity index (χ3n) is 2.54. The van der Waals surface area contributed by atoms with Gasteiger partial charge in [-0.05, 0) is 13.3 Å². The summed E-state index contributed by atoms with van der Waals surface area (Å²) in [6, 6.07) is 0. The van der Waals surface area contributed by atoms with Gasteiger partial charge in [-0.2, -0.15) is 0 Å². The molecule has 4 nitrogen and oxygen atoms in total. The Balaban J connectivity index is 2.09. The number of methoxy groups -OCH3 is 1. The van der Waals surface area contributed by atoms with E-state index in [1.165, 1.54) is 0 Å². The Hall–Kier alpha value is -1.16. The number of rotatable bonds is 2. The molecular formula is C10H15N3O. The Morgan fingerprint density at radius 3 is 3.00 bits per heavy atom. The highest BCUT2D eigenvalue weighted by molar-refractivity contribution is 5.37. The fraction of sp³-hybridized carbons (Fsp3) is 0.600. The SMILES string of the molecule is CO[C@@H]1CCN(c2cncc(C)n2)C1. The van der Waals surface area contributed by atoms with E-state index in [4.69, 9.17) is 4.74 Å². The molecule has 0 aromatic carbocycles. The second-order valence-electron chi connectivity index (χ2n) is 3.61. The predicted octanol–water partition coefficient (Wildman–Crippen LogP) is 1.01. The van der Waals surface area contributed by atoms with Crippen molar-refractivity contribution in [1.82, 2.24) is 9.97 Å². The van der Waals surface area contributed by atoms with E-state index in [0.717, 1.165) is 31.0 Å². The molecule has 0 radical (unpaired) electrons. The van der Waals surface area contributed by atoms with E-state index in [-0.39, 0.29) is 0 Å². The van der Waals surface area contributed by atoms with E-state index >= 15 is 0 Å². The van der Waals surface area contributed by atoms with E-state index in [2.05, 4.69) is 14.9 Å². The van der Waals surface area contributed by atoms with Crippen molar-refractivity contribution in [2.24, 2.45) is 0 Å². The van der Waals surface area contributed by atoms with Crippen LogP contribution in [-0.4, -0.2) is 36.3 Å². The van der Waals surface area contributed by atoms with Crippen molar-refractivity contribution in [2.75, 3.05) is 25.1 Å². The van der Waals surface area contributed by atoms with Crippen molar-refractivity contribution in [3.8, 4) is 0 Å². The van der Waals surface area contributed by atoms with Gasteiger partial charge in [-0.25, -0.2) is 4.98 Å². The Morgan fingerprint density at radius 2 is 2.36 bits per heavy atom.